The van der Waals surface area contributed by atoms with Gasteiger partial charge in [0.15, 0.2) is 0 Å². The molecule has 5 nitrogen and oxygen atoms in total. The quantitative estimate of drug-likeness (QED) is 0.789. The van der Waals surface area contributed by atoms with E-state index in [1.54, 1.807) is 13.8 Å². The van der Waals surface area contributed by atoms with E-state index in [-0.39, 0.29) is 22.5 Å². The van der Waals surface area contributed by atoms with Crippen molar-refractivity contribution in [3.05, 3.63) is 23.5 Å². The zero-order valence-electron chi connectivity index (χ0n) is 9.59. The van der Waals surface area contributed by atoms with Gasteiger partial charge in [0.05, 0.1) is 6.10 Å². The van der Waals surface area contributed by atoms with Crippen LogP contribution in [-0.4, -0.2) is 31.2 Å². The van der Waals surface area contributed by atoms with Crippen LogP contribution in [0.2, 0.25) is 5.15 Å². The molecular formula is C10H15ClN2O3S. The lowest BCUT2D eigenvalue weighted by Crippen LogP contribution is -2.34. The second kappa shape index (κ2) is 5.77. The third-order valence-electron chi connectivity index (χ3n) is 2.27. The number of aromatic nitrogens is 1. The molecule has 0 aliphatic carbocycles. The number of nitrogens with zero attached hydrogens (tertiary/aromatic N) is 1. The SMILES string of the molecule is CC(C)C(O)CNS(=O)(=O)c1cccnc1Cl. The summed E-state index contributed by atoms with van der Waals surface area (Å²) in [7, 11) is -3.72. The minimum atomic E-state index is -3.72. The molecular weight excluding hydrogens is 264 g/mol. The second-order valence-corrected chi connectivity index (χ2v) is 6.05. The van der Waals surface area contributed by atoms with E-state index in [4.69, 9.17) is 11.6 Å². The summed E-state index contributed by atoms with van der Waals surface area (Å²) in [6.45, 7) is 3.55. The van der Waals surface area contributed by atoms with Crippen LogP contribution in [0.4, 0.5) is 0 Å². The number of rotatable bonds is 5. The molecule has 0 spiro atoms. The lowest BCUT2D eigenvalue weighted by atomic mass is 10.1. The Labute approximate surface area is 106 Å². The Kier molecular flexibility index (Phi) is 4.88. The van der Waals surface area contributed by atoms with Gasteiger partial charge in [-0.05, 0) is 18.1 Å². The Morgan fingerprint density at radius 2 is 2.18 bits per heavy atom. The molecule has 0 aromatic carbocycles. The summed E-state index contributed by atoms with van der Waals surface area (Å²) in [5.74, 6) is -0.0259. The fourth-order valence-corrected chi connectivity index (χ4v) is 2.58. The first-order chi connectivity index (χ1) is 7.84. The number of halogens is 1. The van der Waals surface area contributed by atoms with Crippen molar-refractivity contribution >= 4 is 21.6 Å². The predicted molar refractivity (Wildman–Crippen MR) is 65.3 cm³/mol. The molecule has 0 saturated heterocycles. The highest BCUT2D eigenvalue weighted by atomic mass is 35.5. The van der Waals surface area contributed by atoms with Gasteiger partial charge in [-0.2, -0.15) is 0 Å². The first kappa shape index (κ1) is 14.4. The Morgan fingerprint density at radius 3 is 2.71 bits per heavy atom. The molecule has 1 atom stereocenters. The number of hydrogen-bond donors (Lipinski definition) is 2. The summed E-state index contributed by atoms with van der Waals surface area (Å²) in [6.07, 6.45) is 0.671. The molecule has 1 aromatic rings. The smallest absolute Gasteiger partial charge is 0.243 e. The molecule has 1 unspecified atom stereocenters. The maximum atomic E-state index is 11.8. The van der Waals surface area contributed by atoms with Gasteiger partial charge in [-0.15, -0.1) is 0 Å². The van der Waals surface area contributed by atoms with Crippen LogP contribution in [-0.2, 0) is 10.0 Å². The second-order valence-electron chi connectivity index (χ2n) is 3.96. The molecule has 0 aliphatic rings. The van der Waals surface area contributed by atoms with E-state index in [1.165, 1.54) is 18.3 Å². The molecule has 1 aromatic heterocycles. The summed E-state index contributed by atoms with van der Waals surface area (Å²) >= 11 is 5.69. The van der Waals surface area contributed by atoms with E-state index < -0.39 is 16.1 Å². The van der Waals surface area contributed by atoms with Gasteiger partial charge in [0.25, 0.3) is 0 Å². The normalized spacial score (nSPS) is 13.9. The molecule has 0 fully saturated rings. The largest absolute Gasteiger partial charge is 0.391 e. The Hall–Kier alpha value is -0.690. The molecule has 96 valence electrons. The number of nitrogens with one attached hydrogen (secondary N) is 1. The standard InChI is InChI=1S/C10H15ClN2O3S/c1-7(2)8(14)6-13-17(15,16)9-4-3-5-12-10(9)11/h3-5,7-8,13-14H,6H2,1-2H3. The Bertz CT molecular complexity index is 476. The zero-order chi connectivity index (χ0) is 13.1. The fourth-order valence-electron chi connectivity index (χ4n) is 1.08. The van der Waals surface area contributed by atoms with Crippen LogP contribution in [0.1, 0.15) is 13.8 Å². The van der Waals surface area contributed by atoms with Crippen molar-refractivity contribution in [1.29, 1.82) is 0 Å². The topological polar surface area (TPSA) is 79.3 Å². The lowest BCUT2D eigenvalue weighted by Gasteiger charge is -2.15. The van der Waals surface area contributed by atoms with Crippen molar-refractivity contribution in [2.75, 3.05) is 6.54 Å². The summed E-state index contributed by atoms with van der Waals surface area (Å²) in [5, 5.41) is 9.45. The van der Waals surface area contributed by atoms with Gasteiger partial charge in [0.2, 0.25) is 10.0 Å². The Balaban J connectivity index is 2.80. The van der Waals surface area contributed by atoms with Gasteiger partial charge >= 0.3 is 0 Å². The first-order valence-electron chi connectivity index (χ1n) is 5.13. The minimum absolute atomic E-state index is 0.0259. The van der Waals surface area contributed by atoms with Crippen molar-refractivity contribution in [2.45, 2.75) is 24.8 Å². The zero-order valence-corrected chi connectivity index (χ0v) is 11.2. The monoisotopic (exact) mass is 278 g/mol. The van der Waals surface area contributed by atoms with E-state index in [9.17, 15) is 13.5 Å². The first-order valence-corrected chi connectivity index (χ1v) is 6.99. The van der Waals surface area contributed by atoms with Gasteiger partial charge in [-0.3, -0.25) is 0 Å². The predicted octanol–water partition coefficient (Wildman–Crippen LogP) is 1.03. The molecule has 1 rings (SSSR count). The summed E-state index contributed by atoms with van der Waals surface area (Å²) in [6, 6.07) is 2.85. The molecule has 0 aliphatic heterocycles. The van der Waals surface area contributed by atoms with Crippen molar-refractivity contribution in [1.82, 2.24) is 9.71 Å². The van der Waals surface area contributed by atoms with E-state index in [0.717, 1.165) is 0 Å². The maximum absolute atomic E-state index is 11.8. The molecule has 0 bridgehead atoms. The van der Waals surface area contributed by atoms with Crippen molar-refractivity contribution in [3.8, 4) is 0 Å². The third kappa shape index (κ3) is 3.92. The van der Waals surface area contributed by atoms with E-state index in [1.807, 2.05) is 0 Å². The number of aliphatic hydroxyl groups is 1. The van der Waals surface area contributed by atoms with Gasteiger partial charge in [-0.25, -0.2) is 18.1 Å². The minimum Gasteiger partial charge on any atom is -0.391 e. The van der Waals surface area contributed by atoms with Crippen LogP contribution in [0.25, 0.3) is 0 Å². The highest BCUT2D eigenvalue weighted by Crippen LogP contribution is 2.17. The van der Waals surface area contributed by atoms with Crippen molar-refractivity contribution in [3.63, 3.8) is 0 Å². The van der Waals surface area contributed by atoms with Crippen molar-refractivity contribution in [2.24, 2.45) is 5.92 Å². The molecule has 2 N–H and O–H groups in total. The highest BCUT2D eigenvalue weighted by Gasteiger charge is 2.20. The average molecular weight is 279 g/mol. The Morgan fingerprint density at radius 1 is 1.53 bits per heavy atom. The molecule has 0 saturated carbocycles. The molecule has 17 heavy (non-hydrogen) atoms. The van der Waals surface area contributed by atoms with Crippen LogP contribution in [0, 0.1) is 5.92 Å². The van der Waals surface area contributed by atoms with E-state index >= 15 is 0 Å². The third-order valence-corrected chi connectivity index (χ3v) is 4.13. The van der Waals surface area contributed by atoms with Crippen LogP contribution >= 0.6 is 11.6 Å². The van der Waals surface area contributed by atoms with Gasteiger partial charge in [-0.1, -0.05) is 25.4 Å². The number of pyridine rings is 1. The van der Waals surface area contributed by atoms with Crippen LogP contribution in [0.15, 0.2) is 23.2 Å². The van der Waals surface area contributed by atoms with Crippen LogP contribution < -0.4 is 4.72 Å². The fraction of sp³-hybridized carbons (Fsp3) is 0.500. The molecule has 1 heterocycles. The van der Waals surface area contributed by atoms with Crippen LogP contribution in [0.5, 0.6) is 0 Å². The number of aliphatic hydroxyl groups excluding tert-OH is 1. The van der Waals surface area contributed by atoms with Gasteiger partial charge in [0.1, 0.15) is 10.0 Å². The van der Waals surface area contributed by atoms with Gasteiger partial charge < -0.3 is 5.11 Å². The maximum Gasteiger partial charge on any atom is 0.243 e. The number of sulfonamides is 1. The van der Waals surface area contributed by atoms with Crippen LogP contribution in [0.3, 0.4) is 0 Å². The van der Waals surface area contributed by atoms with Gasteiger partial charge in [0, 0.05) is 12.7 Å². The van der Waals surface area contributed by atoms with E-state index in [0.29, 0.717) is 0 Å². The highest BCUT2D eigenvalue weighted by molar-refractivity contribution is 7.89. The number of hydrogen-bond acceptors (Lipinski definition) is 4. The summed E-state index contributed by atoms with van der Waals surface area (Å²) in [5.41, 5.74) is 0. The summed E-state index contributed by atoms with van der Waals surface area (Å²) in [4.78, 5) is 3.61. The average Bonchev–Trinajstić information content (AvgIpc) is 2.26. The lowest BCUT2D eigenvalue weighted by molar-refractivity contribution is 0.129. The molecule has 7 heteroatoms. The summed E-state index contributed by atoms with van der Waals surface area (Å²) < 4.78 is 26.0. The van der Waals surface area contributed by atoms with Crippen molar-refractivity contribution < 1.29 is 13.5 Å². The molecule has 0 amide bonds. The van der Waals surface area contributed by atoms with E-state index in [2.05, 4.69) is 9.71 Å². The molecule has 0 radical (unpaired) electrons.